The third-order valence-electron chi connectivity index (χ3n) is 3.77. The van der Waals surface area contributed by atoms with Gasteiger partial charge >= 0.3 is 0 Å². The summed E-state index contributed by atoms with van der Waals surface area (Å²) in [6, 6.07) is 3.11. The predicted molar refractivity (Wildman–Crippen MR) is 69.5 cm³/mol. The number of halogens is 3. The summed E-state index contributed by atoms with van der Waals surface area (Å²) in [5.41, 5.74) is -0.166. The van der Waals surface area contributed by atoms with E-state index >= 15 is 0 Å². The number of carbonyl (C=O) groups excluding carboxylic acids is 1. The SMILES string of the molecule is Cl.O=C(c1ccc(F)cc1F)N1CCNCC12CC2. The smallest absolute Gasteiger partial charge is 0.257 e. The largest absolute Gasteiger partial charge is 0.330 e. The number of carbonyl (C=O) groups is 1. The maximum absolute atomic E-state index is 13.6. The maximum Gasteiger partial charge on any atom is 0.257 e. The van der Waals surface area contributed by atoms with Crippen molar-refractivity contribution in [2.24, 2.45) is 0 Å². The van der Waals surface area contributed by atoms with E-state index in [1.807, 2.05) is 0 Å². The molecule has 1 N–H and O–H groups in total. The number of hydrogen-bond acceptors (Lipinski definition) is 2. The molecule has 2 aliphatic rings. The molecule has 6 heteroatoms. The van der Waals surface area contributed by atoms with Gasteiger partial charge in [-0.2, -0.15) is 0 Å². The van der Waals surface area contributed by atoms with Crippen molar-refractivity contribution < 1.29 is 13.6 Å². The Morgan fingerprint density at radius 2 is 2.05 bits per heavy atom. The number of benzene rings is 1. The van der Waals surface area contributed by atoms with Crippen LogP contribution in [0.25, 0.3) is 0 Å². The van der Waals surface area contributed by atoms with E-state index in [1.165, 1.54) is 6.07 Å². The fourth-order valence-electron chi connectivity index (χ4n) is 2.56. The zero-order valence-corrected chi connectivity index (χ0v) is 11.1. The molecule has 1 saturated heterocycles. The van der Waals surface area contributed by atoms with Crippen LogP contribution in [0.15, 0.2) is 18.2 Å². The number of piperazine rings is 1. The molecule has 0 bridgehead atoms. The van der Waals surface area contributed by atoms with E-state index < -0.39 is 11.6 Å². The van der Waals surface area contributed by atoms with Crippen LogP contribution < -0.4 is 5.32 Å². The summed E-state index contributed by atoms with van der Waals surface area (Å²) in [7, 11) is 0. The molecule has 0 unspecified atom stereocenters. The summed E-state index contributed by atoms with van der Waals surface area (Å²) in [5.74, 6) is -1.77. The van der Waals surface area contributed by atoms with E-state index in [1.54, 1.807) is 4.90 Å². The Morgan fingerprint density at radius 1 is 1.32 bits per heavy atom. The van der Waals surface area contributed by atoms with Gasteiger partial charge in [-0.3, -0.25) is 4.79 Å². The molecular formula is C13H15ClF2N2O. The van der Waals surface area contributed by atoms with Gasteiger partial charge in [0.1, 0.15) is 11.6 Å². The third kappa shape index (κ3) is 2.44. The average molecular weight is 289 g/mol. The van der Waals surface area contributed by atoms with Gasteiger partial charge in [-0.05, 0) is 25.0 Å². The molecular weight excluding hydrogens is 274 g/mol. The number of nitrogens with zero attached hydrogens (tertiary/aromatic N) is 1. The Hall–Kier alpha value is -1.20. The summed E-state index contributed by atoms with van der Waals surface area (Å²) in [5, 5.41) is 3.25. The second kappa shape index (κ2) is 5.06. The minimum atomic E-state index is -0.783. The first-order valence-corrected chi connectivity index (χ1v) is 6.10. The second-order valence-electron chi connectivity index (χ2n) is 4.98. The van der Waals surface area contributed by atoms with Crippen molar-refractivity contribution in [1.29, 1.82) is 0 Å². The molecule has 1 aliphatic heterocycles. The Bertz CT molecular complexity index is 505. The lowest BCUT2D eigenvalue weighted by atomic mass is 10.1. The highest BCUT2D eigenvalue weighted by molar-refractivity contribution is 5.95. The van der Waals surface area contributed by atoms with Crippen LogP contribution in [0.3, 0.4) is 0 Å². The number of amides is 1. The summed E-state index contributed by atoms with van der Waals surface area (Å²) < 4.78 is 26.5. The lowest BCUT2D eigenvalue weighted by Crippen LogP contribution is -2.55. The van der Waals surface area contributed by atoms with E-state index in [2.05, 4.69) is 5.32 Å². The molecule has 1 heterocycles. The fraction of sp³-hybridized carbons (Fsp3) is 0.462. The van der Waals surface area contributed by atoms with Gasteiger partial charge in [0.25, 0.3) is 5.91 Å². The van der Waals surface area contributed by atoms with Crippen molar-refractivity contribution in [1.82, 2.24) is 10.2 Å². The highest BCUT2D eigenvalue weighted by Crippen LogP contribution is 2.43. The maximum atomic E-state index is 13.6. The first-order chi connectivity index (χ1) is 8.62. The van der Waals surface area contributed by atoms with Gasteiger partial charge in [-0.25, -0.2) is 8.78 Å². The van der Waals surface area contributed by atoms with Crippen LogP contribution in [-0.2, 0) is 0 Å². The standard InChI is InChI=1S/C13H14F2N2O.ClH/c14-9-1-2-10(11(15)7-9)12(18)17-6-5-16-8-13(17)3-4-13;/h1-2,7,16H,3-6,8H2;1H. The van der Waals surface area contributed by atoms with E-state index in [4.69, 9.17) is 0 Å². The zero-order valence-electron chi connectivity index (χ0n) is 10.3. The van der Waals surface area contributed by atoms with Gasteiger partial charge < -0.3 is 10.2 Å². The molecule has 0 aromatic heterocycles. The summed E-state index contributed by atoms with van der Waals surface area (Å²) in [6.45, 7) is 2.06. The minimum absolute atomic E-state index is 0. The molecule has 1 aromatic carbocycles. The monoisotopic (exact) mass is 288 g/mol. The predicted octanol–water partition coefficient (Wildman–Crippen LogP) is 1.96. The quantitative estimate of drug-likeness (QED) is 0.857. The molecule has 1 aliphatic carbocycles. The van der Waals surface area contributed by atoms with Crippen LogP contribution in [0.2, 0.25) is 0 Å². The molecule has 2 fully saturated rings. The van der Waals surface area contributed by atoms with E-state index in [-0.39, 0.29) is 29.4 Å². The summed E-state index contributed by atoms with van der Waals surface area (Å²) in [6.07, 6.45) is 1.91. The average Bonchev–Trinajstić information content (AvgIpc) is 3.09. The van der Waals surface area contributed by atoms with Crippen molar-refractivity contribution in [3.63, 3.8) is 0 Å². The van der Waals surface area contributed by atoms with Crippen LogP contribution in [0.4, 0.5) is 8.78 Å². The van der Waals surface area contributed by atoms with Gasteiger partial charge in [-0.1, -0.05) is 0 Å². The Kier molecular flexibility index (Phi) is 3.78. The number of nitrogens with one attached hydrogen (secondary N) is 1. The molecule has 0 atom stereocenters. The lowest BCUT2D eigenvalue weighted by Gasteiger charge is -2.36. The highest BCUT2D eigenvalue weighted by atomic mass is 35.5. The van der Waals surface area contributed by atoms with Crippen LogP contribution in [0.5, 0.6) is 0 Å². The second-order valence-corrected chi connectivity index (χ2v) is 4.98. The van der Waals surface area contributed by atoms with E-state index in [0.29, 0.717) is 6.54 Å². The van der Waals surface area contributed by atoms with Crippen LogP contribution in [0, 0.1) is 11.6 Å². The molecule has 1 aromatic rings. The van der Waals surface area contributed by atoms with Crippen molar-refractivity contribution >= 4 is 18.3 Å². The van der Waals surface area contributed by atoms with Crippen molar-refractivity contribution in [3.05, 3.63) is 35.4 Å². The van der Waals surface area contributed by atoms with E-state index in [9.17, 15) is 13.6 Å². The fourth-order valence-corrected chi connectivity index (χ4v) is 2.56. The van der Waals surface area contributed by atoms with Gasteiger partial charge in [0.2, 0.25) is 0 Å². The molecule has 3 rings (SSSR count). The van der Waals surface area contributed by atoms with E-state index in [0.717, 1.165) is 38.1 Å². The number of rotatable bonds is 1. The third-order valence-corrected chi connectivity index (χ3v) is 3.77. The van der Waals surface area contributed by atoms with Gasteiger partial charge in [0, 0.05) is 25.7 Å². The topological polar surface area (TPSA) is 32.3 Å². The summed E-state index contributed by atoms with van der Waals surface area (Å²) in [4.78, 5) is 14.1. The minimum Gasteiger partial charge on any atom is -0.330 e. The first kappa shape index (κ1) is 14.2. The normalized spacial score (nSPS) is 20.0. The molecule has 1 spiro atoms. The van der Waals surface area contributed by atoms with Crippen molar-refractivity contribution in [3.8, 4) is 0 Å². The van der Waals surface area contributed by atoms with Crippen molar-refractivity contribution in [2.45, 2.75) is 18.4 Å². The molecule has 3 nitrogen and oxygen atoms in total. The molecule has 19 heavy (non-hydrogen) atoms. The molecule has 104 valence electrons. The molecule has 0 radical (unpaired) electrons. The Morgan fingerprint density at radius 3 is 2.68 bits per heavy atom. The van der Waals surface area contributed by atoms with Gasteiger partial charge in [0.05, 0.1) is 11.1 Å². The van der Waals surface area contributed by atoms with Crippen LogP contribution >= 0.6 is 12.4 Å². The van der Waals surface area contributed by atoms with Crippen LogP contribution in [0.1, 0.15) is 23.2 Å². The lowest BCUT2D eigenvalue weighted by molar-refractivity contribution is 0.0595. The number of hydrogen-bond donors (Lipinski definition) is 1. The summed E-state index contributed by atoms with van der Waals surface area (Å²) >= 11 is 0. The highest BCUT2D eigenvalue weighted by Gasteiger charge is 2.51. The Balaban J connectivity index is 0.00000133. The zero-order chi connectivity index (χ0) is 12.8. The molecule has 1 amide bonds. The molecule has 1 saturated carbocycles. The first-order valence-electron chi connectivity index (χ1n) is 6.10. The van der Waals surface area contributed by atoms with Crippen molar-refractivity contribution in [2.75, 3.05) is 19.6 Å². The van der Waals surface area contributed by atoms with Gasteiger partial charge in [0.15, 0.2) is 0 Å². The van der Waals surface area contributed by atoms with Crippen LogP contribution in [-0.4, -0.2) is 36.0 Å². The van der Waals surface area contributed by atoms with Gasteiger partial charge in [-0.15, -0.1) is 12.4 Å². The Labute approximate surface area is 116 Å².